The van der Waals surface area contributed by atoms with E-state index < -0.39 is 0 Å². The molecule has 0 atom stereocenters. The van der Waals surface area contributed by atoms with Crippen LogP contribution < -0.4 is 11.3 Å². The van der Waals surface area contributed by atoms with Crippen LogP contribution in [0.15, 0.2) is 29.1 Å². The van der Waals surface area contributed by atoms with E-state index >= 15 is 0 Å². The van der Waals surface area contributed by atoms with Crippen LogP contribution in [0.25, 0.3) is 10.9 Å². The molecule has 0 saturated carbocycles. The van der Waals surface area contributed by atoms with E-state index in [1.165, 1.54) is 0 Å². The maximum absolute atomic E-state index is 12.1. The molecule has 1 aromatic carbocycles. The van der Waals surface area contributed by atoms with Crippen LogP contribution in [-0.2, 0) is 26.6 Å². The standard InChI is InChI=1S/C16H18N6O/c1-21-14-5-3-2-4-10(14)13(20-21)9-22-7-6-12-11(8-22)15(23)19-16(17)18-12/h2-5H,6-9H2,1H3,(H3,17,18,19,23). The van der Waals surface area contributed by atoms with Crippen molar-refractivity contribution in [2.45, 2.75) is 19.5 Å². The molecule has 3 heterocycles. The van der Waals surface area contributed by atoms with Crippen molar-refractivity contribution in [3.63, 3.8) is 0 Å². The molecule has 0 spiro atoms. The Morgan fingerprint density at radius 3 is 3.04 bits per heavy atom. The van der Waals surface area contributed by atoms with E-state index in [2.05, 4.69) is 32.1 Å². The average molecular weight is 310 g/mol. The number of hydrogen-bond donors (Lipinski definition) is 2. The lowest BCUT2D eigenvalue weighted by Gasteiger charge is -2.26. The van der Waals surface area contributed by atoms with Crippen LogP contribution in [0.1, 0.15) is 17.0 Å². The molecule has 3 aromatic rings. The van der Waals surface area contributed by atoms with Gasteiger partial charge < -0.3 is 5.73 Å². The summed E-state index contributed by atoms with van der Waals surface area (Å²) in [4.78, 5) is 21.1. The van der Waals surface area contributed by atoms with Crippen LogP contribution in [0, 0.1) is 0 Å². The van der Waals surface area contributed by atoms with Crippen LogP contribution in [0.4, 0.5) is 5.95 Å². The Hall–Kier alpha value is -2.67. The van der Waals surface area contributed by atoms with Gasteiger partial charge in [0.25, 0.3) is 5.56 Å². The highest BCUT2D eigenvalue weighted by Gasteiger charge is 2.22. The number of nitrogens with one attached hydrogen (secondary N) is 1. The van der Waals surface area contributed by atoms with Crippen LogP contribution in [0.5, 0.6) is 0 Å². The van der Waals surface area contributed by atoms with Gasteiger partial charge in [-0.15, -0.1) is 0 Å². The summed E-state index contributed by atoms with van der Waals surface area (Å²) in [5.41, 5.74) is 9.16. The van der Waals surface area contributed by atoms with Crippen molar-refractivity contribution < 1.29 is 0 Å². The van der Waals surface area contributed by atoms with Crippen molar-refractivity contribution in [2.75, 3.05) is 12.3 Å². The number of nitrogens with zero attached hydrogens (tertiary/aromatic N) is 4. The van der Waals surface area contributed by atoms with Crippen LogP contribution >= 0.6 is 0 Å². The third kappa shape index (κ3) is 2.39. The number of benzene rings is 1. The van der Waals surface area contributed by atoms with E-state index in [0.29, 0.717) is 18.7 Å². The number of aryl methyl sites for hydroxylation is 1. The van der Waals surface area contributed by atoms with E-state index in [1.807, 2.05) is 23.9 Å². The van der Waals surface area contributed by atoms with Gasteiger partial charge in [0.05, 0.1) is 22.5 Å². The van der Waals surface area contributed by atoms with Gasteiger partial charge in [-0.2, -0.15) is 5.10 Å². The van der Waals surface area contributed by atoms with Gasteiger partial charge >= 0.3 is 0 Å². The summed E-state index contributed by atoms with van der Waals surface area (Å²) in [5.74, 6) is 0.193. The summed E-state index contributed by atoms with van der Waals surface area (Å²) in [5, 5.41) is 5.79. The van der Waals surface area contributed by atoms with Gasteiger partial charge in [-0.1, -0.05) is 18.2 Å². The quantitative estimate of drug-likeness (QED) is 0.730. The first kappa shape index (κ1) is 14.0. The smallest absolute Gasteiger partial charge is 0.257 e. The summed E-state index contributed by atoms with van der Waals surface area (Å²) in [6.07, 6.45) is 0.730. The molecule has 0 bridgehead atoms. The molecule has 118 valence electrons. The van der Waals surface area contributed by atoms with Crippen molar-refractivity contribution in [3.8, 4) is 0 Å². The highest BCUT2D eigenvalue weighted by Crippen LogP contribution is 2.21. The van der Waals surface area contributed by atoms with E-state index in [0.717, 1.165) is 35.3 Å². The zero-order valence-corrected chi connectivity index (χ0v) is 12.9. The zero-order chi connectivity index (χ0) is 16.0. The van der Waals surface area contributed by atoms with Crippen molar-refractivity contribution in [1.29, 1.82) is 0 Å². The molecule has 7 nitrogen and oxygen atoms in total. The van der Waals surface area contributed by atoms with Crippen LogP contribution in [0.3, 0.4) is 0 Å². The number of para-hydroxylation sites is 1. The minimum atomic E-state index is -0.136. The number of fused-ring (bicyclic) bond motifs is 2. The first-order valence-electron chi connectivity index (χ1n) is 7.62. The Morgan fingerprint density at radius 1 is 1.35 bits per heavy atom. The number of rotatable bonds is 2. The van der Waals surface area contributed by atoms with E-state index in [9.17, 15) is 4.79 Å². The minimum absolute atomic E-state index is 0.136. The summed E-state index contributed by atoms with van der Waals surface area (Å²) in [6, 6.07) is 8.19. The van der Waals surface area contributed by atoms with Crippen molar-refractivity contribution in [2.24, 2.45) is 7.05 Å². The fourth-order valence-electron chi connectivity index (χ4n) is 3.25. The van der Waals surface area contributed by atoms with E-state index in [4.69, 9.17) is 5.73 Å². The highest BCUT2D eigenvalue weighted by atomic mass is 16.1. The number of aromatic nitrogens is 4. The Kier molecular flexibility index (Phi) is 3.16. The predicted molar refractivity (Wildman–Crippen MR) is 87.8 cm³/mol. The summed E-state index contributed by atoms with van der Waals surface area (Å²) in [6.45, 7) is 2.13. The highest BCUT2D eigenvalue weighted by molar-refractivity contribution is 5.81. The number of hydrogen-bond acceptors (Lipinski definition) is 5. The fraction of sp³-hybridized carbons (Fsp3) is 0.312. The summed E-state index contributed by atoms with van der Waals surface area (Å²) < 4.78 is 1.90. The Morgan fingerprint density at radius 2 is 2.17 bits per heavy atom. The van der Waals surface area contributed by atoms with Crippen molar-refractivity contribution in [3.05, 3.63) is 51.6 Å². The molecular weight excluding hydrogens is 292 g/mol. The summed E-state index contributed by atoms with van der Waals surface area (Å²) in [7, 11) is 1.95. The average Bonchev–Trinajstić information content (AvgIpc) is 2.85. The number of anilines is 1. The molecular formula is C16H18N6O. The molecule has 3 N–H and O–H groups in total. The molecule has 1 aliphatic rings. The first-order chi connectivity index (χ1) is 11.1. The van der Waals surface area contributed by atoms with Crippen LogP contribution in [-0.4, -0.2) is 31.2 Å². The second-order valence-electron chi connectivity index (χ2n) is 5.92. The molecule has 2 aromatic heterocycles. The fourth-order valence-corrected chi connectivity index (χ4v) is 3.25. The van der Waals surface area contributed by atoms with Crippen molar-refractivity contribution >= 4 is 16.9 Å². The zero-order valence-electron chi connectivity index (χ0n) is 12.9. The topological polar surface area (TPSA) is 92.8 Å². The molecule has 23 heavy (non-hydrogen) atoms. The van der Waals surface area contributed by atoms with Crippen LogP contribution in [0.2, 0.25) is 0 Å². The van der Waals surface area contributed by atoms with Gasteiger partial charge in [0.1, 0.15) is 0 Å². The Bertz CT molecular complexity index is 941. The lowest BCUT2D eigenvalue weighted by atomic mass is 10.1. The van der Waals surface area contributed by atoms with Gasteiger partial charge in [-0.3, -0.25) is 19.4 Å². The van der Waals surface area contributed by atoms with Gasteiger partial charge in [-0.05, 0) is 6.07 Å². The molecule has 0 amide bonds. The molecule has 0 saturated heterocycles. The predicted octanol–water partition coefficient (Wildman–Crippen LogP) is 0.797. The van der Waals surface area contributed by atoms with E-state index in [1.54, 1.807) is 0 Å². The Labute approximate surface area is 132 Å². The molecule has 0 fully saturated rings. The lowest BCUT2D eigenvalue weighted by Crippen LogP contribution is -2.35. The second kappa shape index (κ2) is 5.20. The Balaban J connectivity index is 1.64. The number of nitrogens with two attached hydrogens (primary N) is 1. The molecule has 0 radical (unpaired) electrons. The molecule has 0 unspecified atom stereocenters. The number of nitrogen functional groups attached to an aromatic ring is 1. The third-order valence-electron chi connectivity index (χ3n) is 4.37. The first-order valence-corrected chi connectivity index (χ1v) is 7.62. The largest absolute Gasteiger partial charge is 0.369 e. The second-order valence-corrected chi connectivity index (χ2v) is 5.92. The maximum atomic E-state index is 12.1. The number of aromatic amines is 1. The normalized spacial score (nSPS) is 15.0. The molecule has 0 aliphatic carbocycles. The summed E-state index contributed by atoms with van der Waals surface area (Å²) >= 11 is 0. The molecule has 1 aliphatic heterocycles. The van der Waals surface area contributed by atoms with Gasteiger partial charge in [-0.25, -0.2) is 4.98 Å². The third-order valence-corrected chi connectivity index (χ3v) is 4.37. The molecule has 4 rings (SSSR count). The van der Waals surface area contributed by atoms with Crippen molar-refractivity contribution in [1.82, 2.24) is 24.6 Å². The maximum Gasteiger partial charge on any atom is 0.257 e. The SMILES string of the molecule is Cn1nc(CN2CCc3nc(N)[nH]c(=O)c3C2)c2ccccc21. The van der Waals surface area contributed by atoms with Gasteiger partial charge in [0.15, 0.2) is 0 Å². The van der Waals surface area contributed by atoms with E-state index in [-0.39, 0.29) is 11.5 Å². The van der Waals surface area contributed by atoms with Gasteiger partial charge in [0.2, 0.25) is 5.95 Å². The number of H-pyrrole nitrogens is 1. The van der Waals surface area contributed by atoms with Gasteiger partial charge in [0, 0.05) is 38.5 Å². The molecule has 7 heteroatoms. The minimum Gasteiger partial charge on any atom is -0.369 e. The monoisotopic (exact) mass is 310 g/mol. The lowest BCUT2D eigenvalue weighted by molar-refractivity contribution is 0.239.